The number of ether oxygens (including phenoxy) is 3. The highest BCUT2D eigenvalue weighted by Gasteiger charge is 2.17. The molecule has 0 unspecified atom stereocenters. The number of hydrogen-bond donors (Lipinski definition) is 2. The molecule has 26 heavy (non-hydrogen) atoms. The summed E-state index contributed by atoms with van der Waals surface area (Å²) < 4.78 is 16.8. The summed E-state index contributed by atoms with van der Waals surface area (Å²) in [5.74, 6) is 2.31. The van der Waals surface area contributed by atoms with Crippen LogP contribution in [-0.2, 0) is 11.3 Å². The van der Waals surface area contributed by atoms with Gasteiger partial charge in [-0.2, -0.15) is 0 Å². The fourth-order valence-electron chi connectivity index (χ4n) is 2.49. The zero-order chi connectivity index (χ0) is 18.1. The third kappa shape index (κ3) is 7.45. The van der Waals surface area contributed by atoms with E-state index in [1.54, 1.807) is 14.2 Å². The molecule has 0 aromatic heterocycles. The van der Waals surface area contributed by atoms with E-state index in [4.69, 9.17) is 14.2 Å². The smallest absolute Gasteiger partial charge is 0.231 e. The Kier molecular flexibility index (Phi) is 11.3. The van der Waals surface area contributed by atoms with Gasteiger partial charge < -0.3 is 29.7 Å². The van der Waals surface area contributed by atoms with Crippen molar-refractivity contribution in [2.24, 2.45) is 4.99 Å². The summed E-state index contributed by atoms with van der Waals surface area (Å²) in [6.45, 7) is 4.51. The SMILES string of the molecule is CN=C(NCCN(C)CCCOC)NCc1cc(Br)c2c(c1)OCO2.I. The summed E-state index contributed by atoms with van der Waals surface area (Å²) in [6, 6.07) is 4.01. The Morgan fingerprint density at radius 1 is 1.31 bits per heavy atom. The van der Waals surface area contributed by atoms with Crippen LogP contribution >= 0.6 is 39.9 Å². The van der Waals surface area contributed by atoms with Gasteiger partial charge in [-0.25, -0.2) is 0 Å². The van der Waals surface area contributed by atoms with Gasteiger partial charge in [0.2, 0.25) is 6.79 Å². The highest BCUT2D eigenvalue weighted by atomic mass is 127. The van der Waals surface area contributed by atoms with Gasteiger partial charge in [0.05, 0.1) is 4.47 Å². The molecule has 0 saturated carbocycles. The van der Waals surface area contributed by atoms with E-state index in [0.717, 1.165) is 60.2 Å². The number of nitrogens with one attached hydrogen (secondary N) is 2. The van der Waals surface area contributed by atoms with Crippen LogP contribution in [0.4, 0.5) is 0 Å². The Labute approximate surface area is 181 Å². The quantitative estimate of drug-likeness (QED) is 0.216. The standard InChI is InChI=1S/C17H27BrN4O3.HI/c1-19-17(20-5-7-22(2)6-4-8-23-3)21-11-13-9-14(18)16-15(10-13)24-12-25-16;/h9-10H,4-8,11-12H2,1-3H3,(H2,19,20,21);1H. The Morgan fingerprint density at radius 3 is 2.85 bits per heavy atom. The molecule has 0 radical (unpaired) electrons. The number of nitrogens with zero attached hydrogens (tertiary/aromatic N) is 2. The molecule has 0 fully saturated rings. The number of aliphatic imine (C=N–C) groups is 1. The van der Waals surface area contributed by atoms with Gasteiger partial charge in [-0.1, -0.05) is 0 Å². The lowest BCUT2D eigenvalue weighted by Gasteiger charge is -2.18. The molecule has 0 spiro atoms. The first-order valence-corrected chi connectivity index (χ1v) is 9.13. The van der Waals surface area contributed by atoms with Crippen molar-refractivity contribution in [2.45, 2.75) is 13.0 Å². The van der Waals surface area contributed by atoms with E-state index in [0.29, 0.717) is 6.54 Å². The third-order valence-electron chi connectivity index (χ3n) is 3.84. The fourth-order valence-corrected chi connectivity index (χ4v) is 3.09. The highest BCUT2D eigenvalue weighted by molar-refractivity contribution is 14.0. The molecule has 0 bridgehead atoms. The normalized spacial score (nSPS) is 12.9. The van der Waals surface area contributed by atoms with Gasteiger partial charge in [0.15, 0.2) is 17.5 Å². The maximum atomic E-state index is 5.44. The Balaban J connectivity index is 0.00000338. The van der Waals surface area contributed by atoms with E-state index in [1.807, 2.05) is 12.1 Å². The van der Waals surface area contributed by atoms with Crippen LogP contribution in [0.3, 0.4) is 0 Å². The first-order valence-electron chi connectivity index (χ1n) is 8.34. The van der Waals surface area contributed by atoms with Gasteiger partial charge in [0, 0.05) is 46.9 Å². The fraction of sp³-hybridized carbons (Fsp3) is 0.588. The van der Waals surface area contributed by atoms with E-state index < -0.39 is 0 Å². The minimum absolute atomic E-state index is 0. The van der Waals surface area contributed by atoms with Crippen LogP contribution in [0.2, 0.25) is 0 Å². The second kappa shape index (κ2) is 12.6. The van der Waals surface area contributed by atoms with Gasteiger partial charge >= 0.3 is 0 Å². The number of rotatable bonds is 9. The number of likely N-dealkylation sites (N-methyl/N-ethyl adjacent to an activating group) is 1. The molecule has 1 aliphatic rings. The summed E-state index contributed by atoms with van der Waals surface area (Å²) in [6.07, 6.45) is 1.04. The van der Waals surface area contributed by atoms with Gasteiger partial charge in [-0.15, -0.1) is 24.0 Å². The monoisotopic (exact) mass is 542 g/mol. The molecule has 9 heteroatoms. The van der Waals surface area contributed by atoms with E-state index in [2.05, 4.69) is 43.5 Å². The lowest BCUT2D eigenvalue weighted by Crippen LogP contribution is -2.40. The summed E-state index contributed by atoms with van der Waals surface area (Å²) in [5.41, 5.74) is 1.09. The van der Waals surface area contributed by atoms with Crippen LogP contribution in [0.1, 0.15) is 12.0 Å². The van der Waals surface area contributed by atoms with Crippen molar-refractivity contribution in [2.75, 3.05) is 54.2 Å². The zero-order valence-corrected chi connectivity index (χ0v) is 19.4. The van der Waals surface area contributed by atoms with Crippen LogP contribution in [0.25, 0.3) is 0 Å². The molecule has 0 amide bonds. The molecule has 1 aromatic carbocycles. The number of hydrogen-bond acceptors (Lipinski definition) is 5. The second-order valence-electron chi connectivity index (χ2n) is 5.81. The van der Waals surface area contributed by atoms with Gasteiger partial charge in [-0.05, 0) is 47.1 Å². The van der Waals surface area contributed by atoms with E-state index in [-0.39, 0.29) is 30.8 Å². The van der Waals surface area contributed by atoms with Crippen LogP contribution in [0, 0.1) is 0 Å². The van der Waals surface area contributed by atoms with Crippen LogP contribution < -0.4 is 20.1 Å². The number of fused-ring (bicyclic) bond motifs is 1. The lowest BCUT2D eigenvalue weighted by molar-refractivity contribution is 0.173. The van der Waals surface area contributed by atoms with Crippen LogP contribution in [-0.4, -0.2) is 65.1 Å². The summed E-state index contributed by atoms with van der Waals surface area (Å²) >= 11 is 3.51. The number of halogens is 2. The predicted octanol–water partition coefficient (Wildman–Crippen LogP) is 2.43. The van der Waals surface area contributed by atoms with Crippen molar-refractivity contribution in [3.8, 4) is 11.5 Å². The van der Waals surface area contributed by atoms with E-state index in [1.165, 1.54) is 0 Å². The number of guanidine groups is 1. The number of methoxy groups -OCH3 is 1. The maximum Gasteiger partial charge on any atom is 0.231 e. The molecule has 2 N–H and O–H groups in total. The third-order valence-corrected chi connectivity index (χ3v) is 4.43. The molecule has 0 saturated heterocycles. The van der Waals surface area contributed by atoms with Crippen molar-refractivity contribution in [1.29, 1.82) is 0 Å². The van der Waals surface area contributed by atoms with Crippen molar-refractivity contribution in [3.05, 3.63) is 22.2 Å². The molecule has 0 atom stereocenters. The minimum atomic E-state index is 0. The molecule has 1 heterocycles. The minimum Gasteiger partial charge on any atom is -0.454 e. The first-order chi connectivity index (χ1) is 12.1. The summed E-state index contributed by atoms with van der Waals surface area (Å²) in [5, 5.41) is 6.64. The summed E-state index contributed by atoms with van der Waals surface area (Å²) in [4.78, 5) is 6.53. The lowest BCUT2D eigenvalue weighted by atomic mass is 10.2. The Bertz CT molecular complexity index is 589. The van der Waals surface area contributed by atoms with E-state index in [9.17, 15) is 0 Å². The van der Waals surface area contributed by atoms with E-state index >= 15 is 0 Å². The Morgan fingerprint density at radius 2 is 2.12 bits per heavy atom. The van der Waals surface area contributed by atoms with Crippen molar-refractivity contribution in [1.82, 2.24) is 15.5 Å². The molecular formula is C17H28BrIN4O3. The zero-order valence-electron chi connectivity index (χ0n) is 15.5. The topological polar surface area (TPSA) is 67.4 Å². The molecule has 1 aromatic rings. The molecule has 7 nitrogen and oxygen atoms in total. The van der Waals surface area contributed by atoms with Crippen LogP contribution in [0.5, 0.6) is 11.5 Å². The highest BCUT2D eigenvalue weighted by Crippen LogP contribution is 2.39. The van der Waals surface area contributed by atoms with Crippen molar-refractivity contribution < 1.29 is 14.2 Å². The van der Waals surface area contributed by atoms with Crippen LogP contribution in [0.15, 0.2) is 21.6 Å². The summed E-state index contributed by atoms with van der Waals surface area (Å²) in [7, 11) is 5.61. The van der Waals surface area contributed by atoms with Gasteiger partial charge in [0.25, 0.3) is 0 Å². The van der Waals surface area contributed by atoms with Crippen molar-refractivity contribution >= 4 is 45.9 Å². The van der Waals surface area contributed by atoms with Crippen molar-refractivity contribution in [3.63, 3.8) is 0 Å². The largest absolute Gasteiger partial charge is 0.454 e. The predicted molar refractivity (Wildman–Crippen MR) is 118 cm³/mol. The average molecular weight is 543 g/mol. The number of benzene rings is 1. The first kappa shape index (κ1) is 23.3. The van der Waals surface area contributed by atoms with Gasteiger partial charge in [-0.3, -0.25) is 4.99 Å². The second-order valence-corrected chi connectivity index (χ2v) is 6.67. The maximum absolute atomic E-state index is 5.44. The molecule has 2 rings (SSSR count). The Hall–Kier alpha value is -0.780. The molecule has 148 valence electrons. The van der Waals surface area contributed by atoms with Gasteiger partial charge in [0.1, 0.15) is 0 Å². The molecule has 0 aliphatic carbocycles. The molecule has 1 aliphatic heterocycles. The molecular weight excluding hydrogens is 515 g/mol. The average Bonchev–Trinajstić information content (AvgIpc) is 3.07.